The van der Waals surface area contributed by atoms with Gasteiger partial charge in [0, 0.05) is 67.2 Å². The molecule has 0 unspecified atom stereocenters. The normalized spacial score (nSPS) is 12.0. The number of hydrogen-bond acceptors (Lipinski definition) is 4. The highest BCUT2D eigenvalue weighted by Crippen LogP contribution is 2.49. The van der Waals surface area contributed by atoms with Crippen molar-refractivity contribution < 1.29 is 17.6 Å². The lowest BCUT2D eigenvalue weighted by atomic mass is 9.98. The summed E-state index contributed by atoms with van der Waals surface area (Å²) in [6.45, 7) is 8.74. The molecular weight excluding hydrogens is 771 g/mol. The first-order valence-electron chi connectivity index (χ1n) is 21.2. The molecule has 302 valence electrons. The first-order valence-corrected chi connectivity index (χ1v) is 21.2. The molecule has 0 saturated carbocycles. The molecule has 0 amide bonds. The van der Waals surface area contributed by atoms with E-state index in [1.165, 1.54) is 35.4 Å². The minimum Gasteiger partial charge on any atom is -0.452 e. The third-order valence-corrected chi connectivity index (χ3v) is 12.3. The number of fused-ring (bicyclic) bond motifs is 11. The second kappa shape index (κ2) is 14.6. The van der Waals surface area contributed by atoms with E-state index in [9.17, 15) is 8.78 Å². The van der Waals surface area contributed by atoms with Crippen LogP contribution in [0, 0.1) is 11.6 Å². The smallest absolute Gasteiger partial charge is 0.178 e. The first-order chi connectivity index (χ1) is 30.2. The molecule has 0 fully saturated rings. The highest BCUT2D eigenvalue weighted by molar-refractivity contribution is 6.29. The Morgan fingerprint density at radius 2 is 0.694 bits per heavy atom. The van der Waals surface area contributed by atoms with Crippen LogP contribution in [0.2, 0.25) is 0 Å². The number of furan rings is 2. The summed E-state index contributed by atoms with van der Waals surface area (Å²) in [6, 6.07) is 55.7. The summed E-state index contributed by atoms with van der Waals surface area (Å²) in [5.41, 5.74) is 10.6. The number of hydrogen-bond donors (Lipinski definition) is 0. The van der Waals surface area contributed by atoms with Gasteiger partial charge in [-0.05, 0) is 119 Å². The van der Waals surface area contributed by atoms with Crippen molar-refractivity contribution in [2.24, 2.45) is 0 Å². The molecule has 11 aromatic rings. The zero-order valence-electron chi connectivity index (χ0n) is 34.8. The molecule has 0 spiro atoms. The molecule has 0 saturated heterocycles. The van der Waals surface area contributed by atoms with Crippen LogP contribution in [-0.2, 0) is 0 Å². The molecule has 0 bridgehead atoms. The van der Waals surface area contributed by atoms with Gasteiger partial charge in [0.1, 0.15) is 22.8 Å². The van der Waals surface area contributed by atoms with Crippen LogP contribution in [0.4, 0.5) is 42.9 Å². The minimum absolute atomic E-state index is 0.292. The van der Waals surface area contributed by atoms with Gasteiger partial charge in [-0.1, -0.05) is 100 Å². The summed E-state index contributed by atoms with van der Waals surface area (Å²) in [4.78, 5) is 4.35. The van der Waals surface area contributed by atoms with E-state index in [-0.39, 0.29) is 11.6 Å². The minimum atomic E-state index is -0.292. The van der Waals surface area contributed by atoms with Crippen molar-refractivity contribution in [3.8, 4) is 0 Å². The quantitative estimate of drug-likeness (QED) is 0.153. The van der Waals surface area contributed by atoms with Crippen molar-refractivity contribution in [1.29, 1.82) is 0 Å². The van der Waals surface area contributed by atoms with Crippen molar-refractivity contribution in [2.75, 3.05) is 9.80 Å². The van der Waals surface area contributed by atoms with Gasteiger partial charge in [0.05, 0.1) is 11.4 Å². The van der Waals surface area contributed by atoms with Crippen molar-refractivity contribution in [3.05, 3.63) is 193 Å². The zero-order valence-corrected chi connectivity index (χ0v) is 34.8. The fraction of sp³-hybridized carbons (Fsp3) is 0.107. The number of benzene rings is 9. The molecule has 0 aliphatic carbocycles. The maximum Gasteiger partial charge on any atom is 0.178 e. The SMILES string of the molecule is CC(C)c1ccc(N(c2ccc(F)cc2)c2cc3oc4c(ccc5c4oc4cc(N(c6ccc(F)cc6)c6ccc(C(C)C)cc6)c6ccccc6c45)c3c3ccccc23)cc1. The molecule has 2 heterocycles. The fourth-order valence-corrected chi connectivity index (χ4v) is 9.18. The third-order valence-electron chi connectivity index (χ3n) is 12.3. The van der Waals surface area contributed by atoms with Gasteiger partial charge < -0.3 is 18.6 Å². The standard InChI is InChI=1S/C56H42F2N2O2/c1-33(2)35-13-21-39(22-14-35)59(41-25-17-37(57)18-26-41)49-31-51-53(45-11-7-5-9-43(45)49)47-29-30-48-54-46-12-8-6-10-44(46)50(32-52(54)62-56(48)55(47)61-51)60(42-27-19-38(58)20-28-42)40-23-15-36(16-24-40)34(3)4/h5-34H,1-4H3. The molecule has 0 aliphatic rings. The average Bonchev–Trinajstić information content (AvgIpc) is 3.87. The summed E-state index contributed by atoms with van der Waals surface area (Å²) in [7, 11) is 0. The zero-order chi connectivity index (χ0) is 42.2. The van der Waals surface area contributed by atoms with Crippen LogP contribution >= 0.6 is 0 Å². The van der Waals surface area contributed by atoms with Crippen molar-refractivity contribution in [3.63, 3.8) is 0 Å². The molecule has 62 heavy (non-hydrogen) atoms. The monoisotopic (exact) mass is 812 g/mol. The molecule has 0 radical (unpaired) electrons. The maximum absolute atomic E-state index is 14.4. The molecule has 11 rings (SSSR count). The van der Waals surface area contributed by atoms with Crippen molar-refractivity contribution >= 4 is 99.5 Å². The topological polar surface area (TPSA) is 32.8 Å². The number of rotatable bonds is 8. The van der Waals surface area contributed by atoms with E-state index in [1.807, 2.05) is 24.3 Å². The predicted octanol–water partition coefficient (Wildman–Crippen LogP) is 17.3. The molecule has 0 atom stereocenters. The Morgan fingerprint density at radius 1 is 0.371 bits per heavy atom. The molecule has 0 N–H and O–H groups in total. The van der Waals surface area contributed by atoms with Crippen LogP contribution in [0.5, 0.6) is 0 Å². The molecule has 4 nitrogen and oxygen atoms in total. The number of anilines is 6. The van der Waals surface area contributed by atoms with Gasteiger partial charge in [-0.3, -0.25) is 0 Å². The highest BCUT2D eigenvalue weighted by atomic mass is 19.1. The van der Waals surface area contributed by atoms with E-state index in [2.05, 4.69) is 159 Å². The lowest BCUT2D eigenvalue weighted by molar-refractivity contribution is 0.627. The highest BCUT2D eigenvalue weighted by Gasteiger charge is 2.25. The fourth-order valence-electron chi connectivity index (χ4n) is 9.18. The van der Waals surface area contributed by atoms with Gasteiger partial charge in [-0.15, -0.1) is 0 Å². The lowest BCUT2D eigenvalue weighted by Gasteiger charge is -2.27. The third kappa shape index (κ3) is 6.08. The van der Waals surface area contributed by atoms with E-state index in [1.54, 1.807) is 0 Å². The van der Waals surface area contributed by atoms with E-state index >= 15 is 0 Å². The average molecular weight is 813 g/mol. The Labute approximate surface area is 357 Å². The summed E-state index contributed by atoms with van der Waals surface area (Å²) < 4.78 is 42.7. The number of nitrogens with zero attached hydrogens (tertiary/aromatic N) is 2. The molecular formula is C56H42F2N2O2. The summed E-state index contributed by atoms with van der Waals surface area (Å²) in [5.74, 6) is 0.178. The van der Waals surface area contributed by atoms with Crippen molar-refractivity contribution in [2.45, 2.75) is 39.5 Å². The van der Waals surface area contributed by atoms with Gasteiger partial charge in [0.2, 0.25) is 0 Å². The molecule has 2 aromatic heterocycles. The lowest BCUT2D eigenvalue weighted by Crippen LogP contribution is -2.10. The summed E-state index contributed by atoms with van der Waals surface area (Å²) >= 11 is 0. The Bertz CT molecular complexity index is 3240. The Balaban J connectivity index is 1.15. The molecule has 6 heteroatoms. The second-order valence-electron chi connectivity index (χ2n) is 16.8. The van der Waals surface area contributed by atoms with Gasteiger partial charge in [0.15, 0.2) is 11.2 Å². The van der Waals surface area contributed by atoms with E-state index in [0.29, 0.717) is 34.2 Å². The summed E-state index contributed by atoms with van der Waals surface area (Å²) in [5, 5.41) is 8.02. The summed E-state index contributed by atoms with van der Waals surface area (Å²) in [6.07, 6.45) is 0. The predicted molar refractivity (Wildman–Crippen MR) is 253 cm³/mol. The van der Waals surface area contributed by atoms with Crippen LogP contribution in [0.1, 0.15) is 50.7 Å². The van der Waals surface area contributed by atoms with Gasteiger partial charge in [-0.25, -0.2) is 8.78 Å². The van der Waals surface area contributed by atoms with Crippen LogP contribution in [0.25, 0.3) is 65.4 Å². The van der Waals surface area contributed by atoms with Crippen LogP contribution in [0.3, 0.4) is 0 Å². The molecule has 9 aromatic carbocycles. The first kappa shape index (κ1) is 37.6. The van der Waals surface area contributed by atoms with E-state index in [0.717, 1.165) is 77.2 Å². The van der Waals surface area contributed by atoms with Crippen LogP contribution < -0.4 is 9.80 Å². The molecule has 0 aliphatic heterocycles. The van der Waals surface area contributed by atoms with Crippen LogP contribution in [-0.4, -0.2) is 0 Å². The van der Waals surface area contributed by atoms with Crippen LogP contribution in [0.15, 0.2) is 179 Å². The van der Waals surface area contributed by atoms with Crippen molar-refractivity contribution in [1.82, 2.24) is 0 Å². The van der Waals surface area contributed by atoms with Gasteiger partial charge >= 0.3 is 0 Å². The van der Waals surface area contributed by atoms with Gasteiger partial charge in [-0.2, -0.15) is 0 Å². The van der Waals surface area contributed by atoms with E-state index < -0.39 is 0 Å². The largest absolute Gasteiger partial charge is 0.452 e. The van der Waals surface area contributed by atoms with E-state index in [4.69, 9.17) is 8.83 Å². The Morgan fingerprint density at radius 3 is 1.03 bits per heavy atom. The Kier molecular flexibility index (Phi) is 8.86. The van der Waals surface area contributed by atoms with Gasteiger partial charge in [0.25, 0.3) is 0 Å². The second-order valence-corrected chi connectivity index (χ2v) is 16.8. The number of halogens is 2. The maximum atomic E-state index is 14.4. The Hall–Kier alpha value is -7.44.